The number of nitrogens with one attached hydrogen (secondary N) is 2. The number of carbonyl (C=O) groups is 3. The minimum atomic E-state index is -0.958. The molecule has 0 saturated heterocycles. The van der Waals surface area contributed by atoms with E-state index < -0.39 is 35.4 Å². The molecule has 2 N–H and O–H groups in total. The number of amides is 1. The topological polar surface area (TPSA) is 146 Å². The number of ether oxygens (including phenoxy) is 5. The molecule has 0 aromatic heterocycles. The van der Waals surface area contributed by atoms with Gasteiger partial charge in [0.15, 0.2) is 5.84 Å². The molecule has 0 spiro atoms. The lowest BCUT2D eigenvalue weighted by Gasteiger charge is -2.33. The van der Waals surface area contributed by atoms with E-state index in [4.69, 9.17) is 24.5 Å². The zero-order valence-corrected chi connectivity index (χ0v) is 22.8. The largest absolute Gasteiger partial charge is 0.466 e. The second-order valence-corrected chi connectivity index (χ2v) is 8.79. The Hall–Kier alpha value is -2.86. The molecule has 0 saturated carbocycles. The summed E-state index contributed by atoms with van der Waals surface area (Å²) >= 11 is 0. The zero-order valence-electron chi connectivity index (χ0n) is 22.8. The Kier molecular flexibility index (Phi) is 16.2. The minimum absolute atomic E-state index is 0.232. The summed E-state index contributed by atoms with van der Waals surface area (Å²) in [5, 5.41) is 8.56. The predicted molar refractivity (Wildman–Crippen MR) is 132 cm³/mol. The van der Waals surface area contributed by atoms with Crippen molar-refractivity contribution in [3.8, 4) is 0 Å². The monoisotopic (exact) mass is 517 g/mol. The summed E-state index contributed by atoms with van der Waals surface area (Å²) < 4.78 is 25.8. The lowest BCUT2D eigenvalue weighted by atomic mass is 10.1. The average Bonchev–Trinajstić information content (AvgIpc) is 2.83. The fourth-order valence-electron chi connectivity index (χ4n) is 2.90. The minimum Gasteiger partial charge on any atom is -0.466 e. The normalized spacial score (nSPS) is 13.3. The highest BCUT2D eigenvalue weighted by Gasteiger charge is 2.31. The molecule has 2 atom stereocenters. The number of likely N-dealkylation sites (N-methyl/N-ethyl adjacent to an activating group) is 1. The third-order valence-electron chi connectivity index (χ3n) is 4.83. The molecule has 0 bridgehead atoms. The van der Waals surface area contributed by atoms with Crippen LogP contribution in [-0.4, -0.2) is 87.6 Å². The highest BCUT2D eigenvalue weighted by Crippen LogP contribution is 2.17. The summed E-state index contributed by atoms with van der Waals surface area (Å²) in [6, 6.07) is -0.824. The van der Waals surface area contributed by atoms with Crippen LogP contribution < -0.4 is 5.48 Å². The van der Waals surface area contributed by atoms with Gasteiger partial charge < -0.3 is 28.5 Å². The van der Waals surface area contributed by atoms with Crippen LogP contribution in [0.1, 0.15) is 60.3 Å². The molecule has 0 heterocycles. The highest BCUT2D eigenvalue weighted by molar-refractivity contribution is 5.95. The van der Waals surface area contributed by atoms with E-state index in [0.29, 0.717) is 26.1 Å². The lowest BCUT2D eigenvalue weighted by Crippen LogP contribution is -2.51. The van der Waals surface area contributed by atoms with Crippen molar-refractivity contribution in [2.75, 3.05) is 41.1 Å². The molecule has 0 aromatic carbocycles. The van der Waals surface area contributed by atoms with E-state index in [1.165, 1.54) is 4.90 Å². The van der Waals surface area contributed by atoms with Crippen LogP contribution in [-0.2, 0) is 38.1 Å². The van der Waals surface area contributed by atoms with E-state index in [0.717, 1.165) is 33.1 Å². The third kappa shape index (κ3) is 13.3. The van der Waals surface area contributed by atoms with Crippen molar-refractivity contribution < 1.29 is 42.9 Å². The summed E-state index contributed by atoms with van der Waals surface area (Å²) in [4.78, 5) is 43.0. The lowest BCUT2D eigenvalue weighted by molar-refractivity contribution is -0.142. The van der Waals surface area contributed by atoms with E-state index in [1.54, 1.807) is 34.8 Å². The molecule has 12 nitrogen and oxygen atoms in total. The number of rotatable bonds is 16. The molecular formula is C24H43N3O9. The standard InChI is InChI=1S/C24H43N3O9/c1-9-11-14-34-16-17(31-6)12-13-18(27(10-2)23(30)35-24(3,4)5)21(25)26-36-19(22(29)33-8)15-20(28)32-7/h15,17-18H,9-14,16H2,1-8H3,(H2,25,26). The maximum Gasteiger partial charge on any atom is 0.410 e. The SMILES string of the molecule is CCCCOCC(CCC(C(=N)NOC(=CC(=O)OC)C(=O)OC)N(CC)C(=O)OC(C)(C)C)OC. The van der Waals surface area contributed by atoms with Gasteiger partial charge in [-0.1, -0.05) is 13.3 Å². The van der Waals surface area contributed by atoms with Crippen molar-refractivity contribution >= 4 is 23.9 Å². The van der Waals surface area contributed by atoms with Gasteiger partial charge in [0, 0.05) is 20.3 Å². The van der Waals surface area contributed by atoms with E-state index in [9.17, 15) is 14.4 Å². The summed E-state index contributed by atoms with van der Waals surface area (Å²) in [5.41, 5.74) is 1.60. The number of hydrogen-bond donors (Lipinski definition) is 2. The molecule has 0 aliphatic rings. The van der Waals surface area contributed by atoms with Crippen molar-refractivity contribution in [3.05, 3.63) is 11.8 Å². The molecule has 0 aliphatic heterocycles. The second-order valence-electron chi connectivity index (χ2n) is 8.79. The maximum atomic E-state index is 12.9. The van der Waals surface area contributed by atoms with E-state index in [1.807, 2.05) is 0 Å². The number of carbonyl (C=O) groups excluding carboxylic acids is 3. The second kappa shape index (κ2) is 17.6. The van der Waals surface area contributed by atoms with Gasteiger partial charge in [-0.3, -0.25) is 10.3 Å². The Morgan fingerprint density at radius 3 is 2.22 bits per heavy atom. The molecule has 12 heteroatoms. The highest BCUT2D eigenvalue weighted by atomic mass is 16.7. The molecule has 2 unspecified atom stereocenters. The molecule has 1 amide bonds. The third-order valence-corrected chi connectivity index (χ3v) is 4.83. The molecular weight excluding hydrogens is 474 g/mol. The Morgan fingerprint density at radius 1 is 1.06 bits per heavy atom. The summed E-state index contributed by atoms with van der Waals surface area (Å²) in [6.07, 6.45) is 2.61. The smallest absolute Gasteiger partial charge is 0.410 e. The van der Waals surface area contributed by atoms with Crippen molar-refractivity contribution in [3.63, 3.8) is 0 Å². The Bertz CT molecular complexity index is 735. The zero-order chi connectivity index (χ0) is 27.7. The van der Waals surface area contributed by atoms with Gasteiger partial charge in [-0.15, -0.1) is 0 Å². The number of hydroxylamine groups is 1. The molecule has 36 heavy (non-hydrogen) atoms. The van der Waals surface area contributed by atoms with E-state index >= 15 is 0 Å². The summed E-state index contributed by atoms with van der Waals surface area (Å²) in [6.45, 7) is 10.3. The van der Waals surface area contributed by atoms with E-state index in [2.05, 4.69) is 21.9 Å². The number of hydrogen-bond acceptors (Lipinski definition) is 10. The molecule has 0 radical (unpaired) electrons. The van der Waals surface area contributed by atoms with Gasteiger partial charge in [0.1, 0.15) is 5.60 Å². The summed E-state index contributed by atoms with van der Waals surface area (Å²) in [5.74, 6) is -2.58. The molecule has 0 aliphatic carbocycles. The van der Waals surface area contributed by atoms with Crippen LogP contribution in [0.15, 0.2) is 11.8 Å². The van der Waals surface area contributed by atoms with Crippen LogP contribution in [0, 0.1) is 5.41 Å². The molecule has 0 aromatic rings. The van der Waals surface area contributed by atoms with Crippen molar-refractivity contribution in [1.82, 2.24) is 10.4 Å². The van der Waals surface area contributed by atoms with Crippen molar-refractivity contribution in [2.24, 2.45) is 0 Å². The van der Waals surface area contributed by atoms with Crippen LogP contribution in [0.2, 0.25) is 0 Å². The van der Waals surface area contributed by atoms with Gasteiger partial charge in [-0.25, -0.2) is 19.9 Å². The van der Waals surface area contributed by atoms with Gasteiger partial charge in [0.2, 0.25) is 5.76 Å². The molecule has 0 fully saturated rings. The average molecular weight is 518 g/mol. The van der Waals surface area contributed by atoms with Crippen LogP contribution >= 0.6 is 0 Å². The Balaban J connectivity index is 5.68. The number of unbranched alkanes of at least 4 members (excludes halogenated alkanes) is 1. The number of amidine groups is 1. The summed E-state index contributed by atoms with van der Waals surface area (Å²) in [7, 11) is 3.82. The quantitative estimate of drug-likeness (QED) is 0.0458. The predicted octanol–water partition coefficient (Wildman–Crippen LogP) is 2.95. The fourth-order valence-corrected chi connectivity index (χ4v) is 2.90. The van der Waals surface area contributed by atoms with Crippen LogP contribution in [0.25, 0.3) is 0 Å². The first-order valence-corrected chi connectivity index (χ1v) is 11.9. The number of methoxy groups -OCH3 is 3. The van der Waals surface area contributed by atoms with Gasteiger partial charge in [0.05, 0.1) is 39.0 Å². The molecule has 0 rings (SSSR count). The van der Waals surface area contributed by atoms with Crippen molar-refractivity contribution in [1.29, 1.82) is 5.41 Å². The Labute approximate surface area is 214 Å². The van der Waals surface area contributed by atoms with Gasteiger partial charge in [-0.2, -0.15) is 0 Å². The van der Waals surface area contributed by atoms with Gasteiger partial charge >= 0.3 is 18.0 Å². The van der Waals surface area contributed by atoms with Crippen LogP contribution in [0.5, 0.6) is 0 Å². The van der Waals surface area contributed by atoms with E-state index in [-0.39, 0.29) is 18.5 Å². The molecule has 208 valence electrons. The number of esters is 2. The first-order valence-electron chi connectivity index (χ1n) is 11.9. The fraction of sp³-hybridized carbons (Fsp3) is 0.750. The number of nitrogens with zero attached hydrogens (tertiary/aromatic N) is 1. The van der Waals surface area contributed by atoms with Crippen molar-refractivity contribution in [2.45, 2.75) is 78.0 Å². The van der Waals surface area contributed by atoms with Gasteiger partial charge in [-0.05, 0) is 47.0 Å². The maximum absolute atomic E-state index is 12.9. The van der Waals surface area contributed by atoms with Crippen LogP contribution in [0.3, 0.4) is 0 Å². The van der Waals surface area contributed by atoms with Crippen LogP contribution in [0.4, 0.5) is 4.79 Å². The first-order chi connectivity index (χ1) is 16.9. The van der Waals surface area contributed by atoms with Gasteiger partial charge in [0.25, 0.3) is 0 Å². The Morgan fingerprint density at radius 2 is 1.72 bits per heavy atom. The first kappa shape index (κ1) is 33.1.